The van der Waals surface area contributed by atoms with E-state index in [9.17, 15) is 9.18 Å². The van der Waals surface area contributed by atoms with Crippen LogP contribution < -0.4 is 10.5 Å². The van der Waals surface area contributed by atoms with Crippen molar-refractivity contribution in [2.45, 2.75) is 0 Å². The summed E-state index contributed by atoms with van der Waals surface area (Å²) in [5.41, 5.74) is 1.55. The molecule has 2 aromatic heterocycles. The number of rotatable bonds is 3. The van der Waals surface area contributed by atoms with Crippen molar-refractivity contribution in [1.82, 2.24) is 10.1 Å². The SMILES string of the molecule is CN(C)c1ccc(-c2noc(-c3cc4cc(F)ccc4oc3=O)n2)cc1. The van der Waals surface area contributed by atoms with Gasteiger partial charge in [0.15, 0.2) is 0 Å². The third-order valence-electron chi connectivity index (χ3n) is 3.99. The number of benzene rings is 2. The zero-order valence-electron chi connectivity index (χ0n) is 14.1. The first kappa shape index (κ1) is 16.0. The van der Waals surface area contributed by atoms with E-state index >= 15 is 0 Å². The van der Waals surface area contributed by atoms with E-state index in [0.717, 1.165) is 11.3 Å². The summed E-state index contributed by atoms with van der Waals surface area (Å²) in [6.45, 7) is 0. The average molecular weight is 351 g/mol. The van der Waals surface area contributed by atoms with E-state index < -0.39 is 11.4 Å². The maximum atomic E-state index is 13.4. The van der Waals surface area contributed by atoms with Gasteiger partial charge in [0.1, 0.15) is 17.0 Å². The fourth-order valence-electron chi connectivity index (χ4n) is 2.60. The van der Waals surface area contributed by atoms with Crippen LogP contribution in [0.25, 0.3) is 33.8 Å². The molecule has 0 spiro atoms. The molecule has 2 aromatic carbocycles. The molecule has 4 aromatic rings. The second-order valence-corrected chi connectivity index (χ2v) is 5.99. The minimum Gasteiger partial charge on any atom is -0.422 e. The number of anilines is 1. The number of aromatic nitrogens is 2. The number of nitrogens with zero attached hydrogens (tertiary/aromatic N) is 3. The molecule has 26 heavy (non-hydrogen) atoms. The second kappa shape index (κ2) is 6.11. The highest BCUT2D eigenvalue weighted by Crippen LogP contribution is 2.24. The quantitative estimate of drug-likeness (QED) is 0.524. The molecule has 0 bridgehead atoms. The zero-order valence-corrected chi connectivity index (χ0v) is 14.1. The third-order valence-corrected chi connectivity index (χ3v) is 3.99. The van der Waals surface area contributed by atoms with Gasteiger partial charge in [0.2, 0.25) is 5.82 Å². The first-order valence-electron chi connectivity index (χ1n) is 7.86. The molecule has 130 valence electrons. The van der Waals surface area contributed by atoms with Crippen molar-refractivity contribution in [3.8, 4) is 22.8 Å². The van der Waals surface area contributed by atoms with Gasteiger partial charge in [0.05, 0.1) is 0 Å². The van der Waals surface area contributed by atoms with Crippen LogP contribution in [0.2, 0.25) is 0 Å². The molecule has 0 amide bonds. The zero-order chi connectivity index (χ0) is 18.3. The van der Waals surface area contributed by atoms with E-state index in [2.05, 4.69) is 10.1 Å². The van der Waals surface area contributed by atoms with E-state index in [1.54, 1.807) is 0 Å². The van der Waals surface area contributed by atoms with Crippen molar-refractivity contribution >= 4 is 16.7 Å². The van der Waals surface area contributed by atoms with Gasteiger partial charge in [0, 0.05) is 30.7 Å². The average Bonchev–Trinajstić information content (AvgIpc) is 3.11. The number of halogens is 1. The Bertz CT molecular complexity index is 1150. The molecule has 0 N–H and O–H groups in total. The van der Waals surface area contributed by atoms with Gasteiger partial charge in [-0.1, -0.05) is 5.16 Å². The van der Waals surface area contributed by atoms with Crippen LogP contribution in [0.3, 0.4) is 0 Å². The summed E-state index contributed by atoms with van der Waals surface area (Å²) >= 11 is 0. The van der Waals surface area contributed by atoms with Crippen LogP contribution in [-0.4, -0.2) is 24.2 Å². The molecule has 4 rings (SSSR count). The number of hydrogen-bond donors (Lipinski definition) is 0. The van der Waals surface area contributed by atoms with Crippen molar-refractivity contribution in [2.24, 2.45) is 0 Å². The van der Waals surface area contributed by atoms with Crippen molar-refractivity contribution in [1.29, 1.82) is 0 Å². The normalized spacial score (nSPS) is 11.0. The van der Waals surface area contributed by atoms with Crippen molar-refractivity contribution in [2.75, 3.05) is 19.0 Å². The summed E-state index contributed by atoms with van der Waals surface area (Å²) < 4.78 is 23.8. The summed E-state index contributed by atoms with van der Waals surface area (Å²) in [5.74, 6) is -0.0508. The van der Waals surface area contributed by atoms with Gasteiger partial charge in [-0.15, -0.1) is 0 Å². The Morgan fingerprint density at radius 1 is 1.04 bits per heavy atom. The van der Waals surface area contributed by atoms with Crippen LogP contribution in [0.1, 0.15) is 0 Å². The summed E-state index contributed by atoms with van der Waals surface area (Å²) in [7, 11) is 3.90. The van der Waals surface area contributed by atoms with E-state index in [-0.39, 0.29) is 11.5 Å². The van der Waals surface area contributed by atoms with Gasteiger partial charge in [-0.05, 0) is 48.5 Å². The lowest BCUT2D eigenvalue weighted by atomic mass is 10.1. The van der Waals surface area contributed by atoms with E-state index in [4.69, 9.17) is 8.94 Å². The molecule has 2 heterocycles. The Morgan fingerprint density at radius 2 is 1.81 bits per heavy atom. The molecule has 0 saturated carbocycles. The minimum atomic E-state index is -0.623. The van der Waals surface area contributed by atoms with Crippen LogP contribution in [0, 0.1) is 5.82 Å². The van der Waals surface area contributed by atoms with E-state index in [0.29, 0.717) is 16.8 Å². The second-order valence-electron chi connectivity index (χ2n) is 5.99. The van der Waals surface area contributed by atoms with Crippen LogP contribution in [0.4, 0.5) is 10.1 Å². The molecule has 0 aliphatic carbocycles. The summed E-state index contributed by atoms with van der Waals surface area (Å²) in [6, 6.07) is 13.0. The highest BCUT2D eigenvalue weighted by Gasteiger charge is 2.16. The Hall–Kier alpha value is -3.48. The molecule has 7 heteroatoms. The smallest absolute Gasteiger partial charge is 0.349 e. The molecule has 0 aliphatic rings. The van der Waals surface area contributed by atoms with Crippen molar-refractivity contribution in [3.05, 3.63) is 64.8 Å². The van der Waals surface area contributed by atoms with Gasteiger partial charge in [-0.3, -0.25) is 0 Å². The molecule has 0 atom stereocenters. The predicted octanol–water partition coefficient (Wildman–Crippen LogP) is 3.72. The third kappa shape index (κ3) is 2.83. The highest BCUT2D eigenvalue weighted by molar-refractivity contribution is 5.80. The van der Waals surface area contributed by atoms with Crippen LogP contribution in [0.5, 0.6) is 0 Å². The van der Waals surface area contributed by atoms with Crippen LogP contribution in [0.15, 0.2) is 62.3 Å². The Labute approximate surface area is 147 Å². The Balaban J connectivity index is 1.75. The number of fused-ring (bicyclic) bond motifs is 1. The lowest BCUT2D eigenvalue weighted by Gasteiger charge is -2.11. The fraction of sp³-hybridized carbons (Fsp3) is 0.105. The fourth-order valence-corrected chi connectivity index (χ4v) is 2.60. The minimum absolute atomic E-state index is 0.0246. The lowest BCUT2D eigenvalue weighted by molar-refractivity contribution is 0.429. The highest BCUT2D eigenvalue weighted by atomic mass is 19.1. The molecular weight excluding hydrogens is 337 g/mol. The molecule has 0 saturated heterocycles. The van der Waals surface area contributed by atoms with Crippen LogP contribution in [-0.2, 0) is 0 Å². The van der Waals surface area contributed by atoms with Gasteiger partial charge >= 0.3 is 5.63 Å². The van der Waals surface area contributed by atoms with Gasteiger partial charge in [0.25, 0.3) is 5.89 Å². The van der Waals surface area contributed by atoms with Crippen molar-refractivity contribution < 1.29 is 13.3 Å². The van der Waals surface area contributed by atoms with Crippen molar-refractivity contribution in [3.63, 3.8) is 0 Å². The topological polar surface area (TPSA) is 72.4 Å². The number of hydrogen-bond acceptors (Lipinski definition) is 6. The van der Waals surface area contributed by atoms with Gasteiger partial charge < -0.3 is 13.8 Å². The molecule has 0 unspecified atom stereocenters. The maximum absolute atomic E-state index is 13.4. The largest absolute Gasteiger partial charge is 0.422 e. The first-order valence-corrected chi connectivity index (χ1v) is 7.86. The maximum Gasteiger partial charge on any atom is 0.349 e. The summed E-state index contributed by atoms with van der Waals surface area (Å²) in [6.07, 6.45) is 0. The molecular formula is C19H14FN3O3. The van der Waals surface area contributed by atoms with E-state index in [1.807, 2.05) is 43.3 Å². The molecule has 0 fully saturated rings. The Morgan fingerprint density at radius 3 is 2.54 bits per heavy atom. The van der Waals surface area contributed by atoms with Gasteiger partial charge in [-0.2, -0.15) is 4.98 Å². The van der Waals surface area contributed by atoms with Crippen LogP contribution >= 0.6 is 0 Å². The standard InChI is InChI=1S/C19H14FN3O3/c1-23(2)14-6-3-11(4-7-14)17-21-18(26-22-17)15-10-12-9-13(20)5-8-16(12)25-19(15)24/h3-10H,1-2H3. The summed E-state index contributed by atoms with van der Waals surface area (Å²) in [4.78, 5) is 18.4. The summed E-state index contributed by atoms with van der Waals surface area (Å²) in [5, 5.41) is 4.36. The molecule has 0 radical (unpaired) electrons. The Kier molecular flexibility index (Phi) is 3.76. The first-order chi connectivity index (χ1) is 12.5. The van der Waals surface area contributed by atoms with E-state index in [1.165, 1.54) is 24.3 Å². The lowest BCUT2D eigenvalue weighted by Crippen LogP contribution is -2.07. The monoisotopic (exact) mass is 351 g/mol. The molecule has 6 nitrogen and oxygen atoms in total. The van der Waals surface area contributed by atoms with Gasteiger partial charge in [-0.25, -0.2) is 9.18 Å². The predicted molar refractivity (Wildman–Crippen MR) is 95.5 cm³/mol. The molecule has 0 aliphatic heterocycles.